The Bertz CT molecular complexity index is 227. The van der Waals surface area contributed by atoms with Crippen molar-refractivity contribution in [2.45, 2.75) is 72.4 Å². The maximum atomic E-state index is 2.64. The van der Waals surface area contributed by atoms with Crippen LogP contribution in [0.1, 0.15) is 60.3 Å². The zero-order chi connectivity index (χ0) is 13.8. The molecule has 2 heteroatoms. The summed E-state index contributed by atoms with van der Waals surface area (Å²) >= 11 is 0. The third-order valence-corrected chi connectivity index (χ3v) is 5.22. The van der Waals surface area contributed by atoms with Crippen LogP contribution in [0.5, 0.6) is 0 Å². The Labute approximate surface area is 115 Å². The third kappa shape index (κ3) is 4.24. The minimum atomic E-state index is 0.620. The van der Waals surface area contributed by atoms with Crippen LogP contribution in [-0.2, 0) is 0 Å². The predicted molar refractivity (Wildman–Crippen MR) is 81.1 cm³/mol. The van der Waals surface area contributed by atoms with E-state index in [1.54, 1.807) is 0 Å². The van der Waals surface area contributed by atoms with Gasteiger partial charge in [-0.1, -0.05) is 13.3 Å². The first-order valence-corrected chi connectivity index (χ1v) is 7.84. The number of hydrogen-bond donors (Lipinski definition) is 0. The van der Waals surface area contributed by atoms with E-state index in [-0.39, 0.29) is 0 Å². The van der Waals surface area contributed by atoms with Crippen LogP contribution in [0.15, 0.2) is 0 Å². The Balaban J connectivity index is 2.45. The maximum Gasteiger partial charge on any atom is 0.00385 e. The molecular formula is C16H34N2. The maximum absolute atomic E-state index is 2.64. The van der Waals surface area contributed by atoms with Gasteiger partial charge in [0.15, 0.2) is 0 Å². The number of rotatable bonds is 6. The van der Waals surface area contributed by atoms with Crippen LogP contribution in [0.2, 0.25) is 0 Å². The zero-order valence-corrected chi connectivity index (χ0v) is 13.5. The van der Waals surface area contributed by atoms with Crippen LogP contribution >= 0.6 is 0 Å². The van der Waals surface area contributed by atoms with Crippen molar-refractivity contribution in [2.24, 2.45) is 5.41 Å². The molecule has 0 atom stereocenters. The van der Waals surface area contributed by atoms with E-state index in [0.29, 0.717) is 11.5 Å². The standard InChI is InChI=1S/C16H34N2/c1-7-16(8-11-17(6)14(2)3)9-12-18(13-10-16)15(4)5/h14-15H,7-13H2,1-6H3. The molecule has 0 N–H and O–H groups in total. The van der Waals surface area contributed by atoms with E-state index in [9.17, 15) is 0 Å². The molecule has 1 aliphatic rings. The SMILES string of the molecule is CCC1(CCN(C)C(C)C)CCN(C(C)C)CC1. The summed E-state index contributed by atoms with van der Waals surface area (Å²) in [6.45, 7) is 15.5. The molecule has 0 spiro atoms. The van der Waals surface area contributed by atoms with Crippen molar-refractivity contribution in [3.05, 3.63) is 0 Å². The molecule has 0 aliphatic carbocycles. The van der Waals surface area contributed by atoms with E-state index in [1.807, 2.05) is 0 Å². The summed E-state index contributed by atoms with van der Waals surface area (Å²) in [5, 5.41) is 0. The molecule has 1 saturated heterocycles. The molecule has 0 bridgehead atoms. The summed E-state index contributed by atoms with van der Waals surface area (Å²) in [5.41, 5.74) is 0.620. The van der Waals surface area contributed by atoms with Crippen LogP contribution < -0.4 is 0 Å². The third-order valence-electron chi connectivity index (χ3n) is 5.22. The predicted octanol–water partition coefficient (Wildman–Crippen LogP) is 3.62. The van der Waals surface area contributed by atoms with Crippen molar-refractivity contribution < 1.29 is 0 Å². The monoisotopic (exact) mass is 254 g/mol. The van der Waals surface area contributed by atoms with Gasteiger partial charge in [-0.15, -0.1) is 0 Å². The summed E-state index contributed by atoms with van der Waals surface area (Å²) < 4.78 is 0. The molecule has 1 fully saturated rings. The largest absolute Gasteiger partial charge is 0.304 e. The summed E-state index contributed by atoms with van der Waals surface area (Å²) in [4.78, 5) is 5.13. The van der Waals surface area contributed by atoms with Crippen LogP contribution in [0.4, 0.5) is 0 Å². The molecule has 0 aromatic heterocycles. The average molecular weight is 254 g/mol. The molecule has 1 rings (SSSR count). The average Bonchev–Trinajstić information content (AvgIpc) is 2.36. The summed E-state index contributed by atoms with van der Waals surface area (Å²) in [7, 11) is 2.26. The molecule has 18 heavy (non-hydrogen) atoms. The van der Waals surface area contributed by atoms with Crippen LogP contribution in [0.25, 0.3) is 0 Å². The second-order valence-electron chi connectivity index (χ2n) is 6.81. The highest BCUT2D eigenvalue weighted by atomic mass is 15.2. The Morgan fingerprint density at radius 2 is 1.67 bits per heavy atom. The summed E-state index contributed by atoms with van der Waals surface area (Å²) in [6.07, 6.45) is 5.52. The lowest BCUT2D eigenvalue weighted by molar-refractivity contribution is 0.0624. The second-order valence-corrected chi connectivity index (χ2v) is 6.81. The number of hydrogen-bond acceptors (Lipinski definition) is 2. The Hall–Kier alpha value is -0.0800. The molecular weight excluding hydrogens is 220 g/mol. The Morgan fingerprint density at radius 3 is 2.06 bits per heavy atom. The van der Waals surface area contributed by atoms with Gasteiger partial charge in [-0.25, -0.2) is 0 Å². The molecule has 1 heterocycles. The molecule has 0 amide bonds. The van der Waals surface area contributed by atoms with Crippen LogP contribution in [0, 0.1) is 5.41 Å². The van der Waals surface area contributed by atoms with Crippen molar-refractivity contribution in [2.75, 3.05) is 26.7 Å². The lowest BCUT2D eigenvalue weighted by Gasteiger charge is -2.44. The Kier molecular flexibility index (Phi) is 6.13. The van der Waals surface area contributed by atoms with Gasteiger partial charge in [0, 0.05) is 12.1 Å². The number of likely N-dealkylation sites (tertiary alicyclic amines) is 1. The number of nitrogens with zero attached hydrogens (tertiary/aromatic N) is 2. The van der Waals surface area contributed by atoms with Crippen molar-refractivity contribution >= 4 is 0 Å². The first kappa shape index (κ1) is 16.0. The normalized spacial score (nSPS) is 21.2. The van der Waals surface area contributed by atoms with Gasteiger partial charge in [0.2, 0.25) is 0 Å². The van der Waals surface area contributed by atoms with Crippen LogP contribution in [-0.4, -0.2) is 48.6 Å². The quantitative estimate of drug-likeness (QED) is 0.714. The highest BCUT2D eigenvalue weighted by Gasteiger charge is 2.33. The van der Waals surface area contributed by atoms with Gasteiger partial charge in [0.05, 0.1) is 0 Å². The fraction of sp³-hybridized carbons (Fsp3) is 1.00. The van der Waals surface area contributed by atoms with Gasteiger partial charge < -0.3 is 9.80 Å². The Morgan fingerprint density at radius 1 is 1.11 bits per heavy atom. The van der Waals surface area contributed by atoms with E-state index in [0.717, 1.165) is 6.04 Å². The van der Waals surface area contributed by atoms with E-state index in [4.69, 9.17) is 0 Å². The zero-order valence-electron chi connectivity index (χ0n) is 13.5. The van der Waals surface area contributed by atoms with Gasteiger partial charge >= 0.3 is 0 Å². The topological polar surface area (TPSA) is 6.48 Å². The molecule has 0 radical (unpaired) electrons. The lowest BCUT2D eigenvalue weighted by Crippen LogP contribution is -2.44. The highest BCUT2D eigenvalue weighted by molar-refractivity contribution is 4.86. The fourth-order valence-electron chi connectivity index (χ4n) is 2.97. The van der Waals surface area contributed by atoms with Crippen molar-refractivity contribution in [1.82, 2.24) is 9.80 Å². The van der Waals surface area contributed by atoms with Gasteiger partial charge in [-0.3, -0.25) is 0 Å². The van der Waals surface area contributed by atoms with E-state index < -0.39 is 0 Å². The number of piperidine rings is 1. The van der Waals surface area contributed by atoms with Crippen molar-refractivity contribution in [3.8, 4) is 0 Å². The minimum absolute atomic E-state index is 0.620. The summed E-state index contributed by atoms with van der Waals surface area (Å²) in [5.74, 6) is 0. The van der Waals surface area contributed by atoms with E-state index in [1.165, 1.54) is 45.3 Å². The smallest absolute Gasteiger partial charge is 0.00385 e. The minimum Gasteiger partial charge on any atom is -0.304 e. The van der Waals surface area contributed by atoms with Gasteiger partial charge in [-0.2, -0.15) is 0 Å². The molecule has 0 saturated carbocycles. The van der Waals surface area contributed by atoms with Crippen LogP contribution in [0.3, 0.4) is 0 Å². The molecule has 2 nitrogen and oxygen atoms in total. The first-order chi connectivity index (χ1) is 8.40. The first-order valence-electron chi connectivity index (χ1n) is 7.84. The van der Waals surface area contributed by atoms with Crippen molar-refractivity contribution in [1.29, 1.82) is 0 Å². The second kappa shape index (κ2) is 6.91. The lowest BCUT2D eigenvalue weighted by atomic mass is 9.73. The fourth-order valence-corrected chi connectivity index (χ4v) is 2.97. The van der Waals surface area contributed by atoms with Crippen molar-refractivity contribution in [3.63, 3.8) is 0 Å². The molecule has 0 aromatic carbocycles. The van der Waals surface area contributed by atoms with E-state index in [2.05, 4.69) is 51.5 Å². The van der Waals surface area contributed by atoms with Gasteiger partial charge in [0.25, 0.3) is 0 Å². The molecule has 0 aromatic rings. The van der Waals surface area contributed by atoms with E-state index >= 15 is 0 Å². The van der Waals surface area contributed by atoms with Gasteiger partial charge in [0.1, 0.15) is 0 Å². The molecule has 108 valence electrons. The van der Waals surface area contributed by atoms with Gasteiger partial charge in [-0.05, 0) is 79.1 Å². The highest BCUT2D eigenvalue weighted by Crippen LogP contribution is 2.38. The molecule has 1 aliphatic heterocycles. The summed E-state index contributed by atoms with van der Waals surface area (Å²) in [6, 6.07) is 1.40. The molecule has 0 unspecified atom stereocenters.